The molecule has 1 amide bonds. The second-order valence-corrected chi connectivity index (χ2v) is 11.4. The number of nitrogens with zero attached hydrogens (tertiary/aromatic N) is 4. The lowest BCUT2D eigenvalue weighted by Crippen LogP contribution is -2.62. The number of ether oxygens (including phenoxy) is 3. The van der Waals surface area contributed by atoms with Gasteiger partial charge in [-0.3, -0.25) is 9.69 Å². The summed E-state index contributed by atoms with van der Waals surface area (Å²) in [5.74, 6) is -0.716. The third-order valence-corrected chi connectivity index (χ3v) is 8.38. The molecule has 0 spiro atoms. The van der Waals surface area contributed by atoms with Crippen LogP contribution in [0.25, 0.3) is 0 Å². The van der Waals surface area contributed by atoms with E-state index in [1.54, 1.807) is 24.8 Å². The molecule has 0 bridgehead atoms. The second kappa shape index (κ2) is 13.3. The molecule has 3 aromatic rings. The van der Waals surface area contributed by atoms with Gasteiger partial charge in [0.15, 0.2) is 0 Å². The number of aromatic amines is 1. The Morgan fingerprint density at radius 1 is 1.06 bits per heavy atom. The number of rotatable bonds is 7. The highest BCUT2D eigenvalue weighted by molar-refractivity contribution is 5.91. The molecule has 17 heteroatoms. The zero-order valence-corrected chi connectivity index (χ0v) is 26.3. The average Bonchev–Trinajstić information content (AvgIpc) is 3.03. The number of fused-ring (bicyclic) bond motifs is 1. The largest absolute Gasteiger partial charge is 0.481 e. The molecule has 0 unspecified atom stereocenters. The smallest absolute Gasteiger partial charge is 0.416 e. The number of hydrogen-bond acceptors (Lipinski definition) is 9. The van der Waals surface area contributed by atoms with Gasteiger partial charge in [-0.05, 0) is 49.6 Å². The molecule has 0 radical (unpaired) electrons. The van der Waals surface area contributed by atoms with Crippen molar-refractivity contribution in [1.29, 1.82) is 0 Å². The van der Waals surface area contributed by atoms with Crippen LogP contribution in [0.4, 0.5) is 42.5 Å². The molecular weight excluding hydrogens is 650 g/mol. The average molecular weight is 685 g/mol. The van der Waals surface area contributed by atoms with Crippen LogP contribution in [0.1, 0.15) is 66.5 Å². The summed E-state index contributed by atoms with van der Waals surface area (Å²) in [6.07, 6.45) is -11.2. The zero-order valence-electron chi connectivity index (χ0n) is 26.3. The summed E-state index contributed by atoms with van der Waals surface area (Å²) in [5, 5.41) is 0. The normalized spacial score (nSPS) is 20.0. The number of carbonyl (C=O) groups excluding carboxylic acids is 1. The van der Waals surface area contributed by atoms with Gasteiger partial charge in [0.25, 0.3) is 5.56 Å². The van der Waals surface area contributed by atoms with Crippen molar-refractivity contribution in [3.63, 3.8) is 0 Å². The highest BCUT2D eigenvalue weighted by Gasteiger charge is 2.47. The molecule has 1 saturated heterocycles. The summed E-state index contributed by atoms with van der Waals surface area (Å²) in [5.41, 5.74) is 1.88. The molecule has 2 aliphatic heterocycles. The van der Waals surface area contributed by atoms with Gasteiger partial charge < -0.3 is 29.8 Å². The summed E-state index contributed by atoms with van der Waals surface area (Å²) in [7, 11) is 1.38. The lowest BCUT2D eigenvalue weighted by Gasteiger charge is -2.46. The Morgan fingerprint density at radius 3 is 2.27 bits per heavy atom. The van der Waals surface area contributed by atoms with Crippen molar-refractivity contribution in [1.82, 2.24) is 15.0 Å². The van der Waals surface area contributed by atoms with Gasteiger partial charge in [0.1, 0.15) is 17.2 Å². The topological polar surface area (TPSA) is 136 Å². The number of alkyl halides is 6. The summed E-state index contributed by atoms with van der Waals surface area (Å²) < 4.78 is 98.4. The van der Waals surface area contributed by atoms with Gasteiger partial charge in [-0.2, -0.15) is 26.3 Å². The Bertz CT molecular complexity index is 1690. The molecule has 0 saturated carbocycles. The number of nitrogens with one attached hydrogen (secondary N) is 1. The number of H-pyrrole nitrogens is 1. The number of aromatic nitrogens is 3. The van der Waals surface area contributed by atoms with Gasteiger partial charge in [0, 0.05) is 25.6 Å². The van der Waals surface area contributed by atoms with Crippen LogP contribution >= 0.6 is 0 Å². The van der Waals surface area contributed by atoms with Crippen molar-refractivity contribution in [2.75, 3.05) is 49.8 Å². The molecule has 11 nitrogen and oxygen atoms in total. The monoisotopic (exact) mass is 684 g/mol. The van der Waals surface area contributed by atoms with Crippen LogP contribution in [0.5, 0.6) is 5.88 Å². The van der Waals surface area contributed by atoms with Gasteiger partial charge in [0.05, 0.1) is 61.1 Å². The van der Waals surface area contributed by atoms with E-state index in [0.29, 0.717) is 12.1 Å². The van der Waals surface area contributed by atoms with Crippen LogP contribution in [-0.2, 0) is 28.2 Å². The summed E-state index contributed by atoms with van der Waals surface area (Å²) >= 11 is 0. The van der Waals surface area contributed by atoms with Gasteiger partial charge in [-0.1, -0.05) is 6.92 Å². The minimum absolute atomic E-state index is 0.00353. The number of amides is 1. The third kappa shape index (κ3) is 6.92. The molecule has 4 heterocycles. The van der Waals surface area contributed by atoms with Crippen LogP contribution < -0.4 is 25.8 Å². The Balaban J connectivity index is 1.71. The molecular formula is C31H34F6N6O5. The minimum atomic E-state index is -5.07. The SMILES string of the molecule is CCOC(=O)N1c2ccc(OC)nc2[C@@H](c2nc(Cc3cc(C(F)(F)F)cc(C(F)(F)F)c3)c(N3CCOCC3)c(=O)[nH]2)C[C@@]1(N)CC. The number of morpholine rings is 1. The number of anilines is 2. The quantitative estimate of drug-likeness (QED) is 0.322. The van der Waals surface area contributed by atoms with Crippen molar-refractivity contribution in [3.8, 4) is 5.88 Å². The van der Waals surface area contributed by atoms with E-state index in [1.165, 1.54) is 18.1 Å². The van der Waals surface area contributed by atoms with E-state index in [0.717, 1.165) is 0 Å². The fourth-order valence-corrected chi connectivity index (χ4v) is 6.04. The second-order valence-electron chi connectivity index (χ2n) is 11.4. The van der Waals surface area contributed by atoms with E-state index >= 15 is 0 Å². The van der Waals surface area contributed by atoms with Gasteiger partial charge in [0.2, 0.25) is 5.88 Å². The minimum Gasteiger partial charge on any atom is -0.481 e. The first kappa shape index (κ1) is 34.9. The van der Waals surface area contributed by atoms with E-state index in [-0.39, 0.29) is 91.8 Å². The van der Waals surface area contributed by atoms with Crippen LogP contribution in [0.15, 0.2) is 35.1 Å². The first-order chi connectivity index (χ1) is 22.6. The molecule has 2 aromatic heterocycles. The van der Waals surface area contributed by atoms with E-state index in [2.05, 4.69) is 9.97 Å². The summed E-state index contributed by atoms with van der Waals surface area (Å²) in [6, 6.07) is 4.34. The number of carbonyl (C=O) groups is 1. The number of methoxy groups -OCH3 is 1. The van der Waals surface area contributed by atoms with E-state index < -0.39 is 53.1 Å². The van der Waals surface area contributed by atoms with Gasteiger partial charge in [-0.15, -0.1) is 0 Å². The predicted octanol–water partition coefficient (Wildman–Crippen LogP) is 5.20. The number of halogens is 6. The summed E-state index contributed by atoms with van der Waals surface area (Å²) in [6.45, 7) is 4.38. The first-order valence-electron chi connectivity index (χ1n) is 15.1. The van der Waals surface area contributed by atoms with Gasteiger partial charge >= 0.3 is 18.4 Å². The first-order valence-corrected chi connectivity index (χ1v) is 15.1. The van der Waals surface area contributed by atoms with Crippen LogP contribution in [0.3, 0.4) is 0 Å². The van der Waals surface area contributed by atoms with Crippen molar-refractivity contribution in [2.24, 2.45) is 5.73 Å². The van der Waals surface area contributed by atoms with E-state index in [1.807, 2.05) is 0 Å². The molecule has 0 aliphatic carbocycles. The zero-order chi connectivity index (χ0) is 35.0. The fourth-order valence-electron chi connectivity index (χ4n) is 6.04. The Kier molecular flexibility index (Phi) is 9.65. The maximum absolute atomic E-state index is 13.9. The Hall–Kier alpha value is -4.38. The van der Waals surface area contributed by atoms with Crippen molar-refractivity contribution in [2.45, 2.75) is 57.0 Å². The molecule has 260 valence electrons. The number of benzene rings is 1. The van der Waals surface area contributed by atoms with Crippen LogP contribution in [0.2, 0.25) is 0 Å². The third-order valence-electron chi connectivity index (χ3n) is 8.38. The van der Waals surface area contributed by atoms with Gasteiger partial charge in [-0.25, -0.2) is 14.8 Å². The van der Waals surface area contributed by atoms with Crippen molar-refractivity contribution >= 4 is 17.5 Å². The highest BCUT2D eigenvalue weighted by atomic mass is 19.4. The van der Waals surface area contributed by atoms with Crippen LogP contribution in [0, 0.1) is 0 Å². The lowest BCUT2D eigenvalue weighted by molar-refractivity contribution is -0.143. The standard InChI is InChI=1S/C31H34F6N6O5/c1-4-29(38)16-20(24-22(6-7-23(40-24)46-3)43(29)28(45)48-5-2)26-39-21(25(27(44)41-26)42-8-10-47-11-9-42)14-17-12-18(30(32,33)34)15-19(13-17)31(35,36)37/h6-7,12-13,15,20H,4-5,8-11,14,16,38H2,1-3H3,(H,39,41,44)/t20-,29+/m0/s1. The molecule has 3 N–H and O–H groups in total. The molecule has 1 aromatic carbocycles. The molecule has 2 atom stereocenters. The molecule has 1 fully saturated rings. The van der Waals surface area contributed by atoms with E-state index in [9.17, 15) is 35.9 Å². The predicted molar refractivity (Wildman–Crippen MR) is 161 cm³/mol. The maximum atomic E-state index is 13.9. The highest BCUT2D eigenvalue weighted by Crippen LogP contribution is 2.45. The van der Waals surface area contributed by atoms with Crippen molar-refractivity contribution in [3.05, 3.63) is 74.6 Å². The molecule has 2 aliphatic rings. The maximum Gasteiger partial charge on any atom is 0.416 e. The number of pyridine rings is 1. The molecule has 5 rings (SSSR count). The molecule has 48 heavy (non-hydrogen) atoms. The number of nitrogens with two attached hydrogens (primary N) is 1. The summed E-state index contributed by atoms with van der Waals surface area (Å²) in [4.78, 5) is 42.0. The van der Waals surface area contributed by atoms with E-state index in [4.69, 9.17) is 24.9 Å². The fraction of sp³-hybridized carbons (Fsp3) is 0.484. The number of hydrogen-bond donors (Lipinski definition) is 2. The van der Waals surface area contributed by atoms with Crippen molar-refractivity contribution < 1.29 is 45.3 Å². The Morgan fingerprint density at radius 2 is 1.71 bits per heavy atom. The lowest BCUT2D eigenvalue weighted by atomic mass is 9.83. The Labute approximate surface area is 271 Å². The van der Waals surface area contributed by atoms with Crippen LogP contribution in [-0.4, -0.2) is 66.7 Å².